The molecule has 0 unspecified atom stereocenters. The van der Waals surface area contributed by atoms with Gasteiger partial charge in [0.15, 0.2) is 11.5 Å². The van der Waals surface area contributed by atoms with Crippen molar-refractivity contribution in [1.82, 2.24) is 10.4 Å². The van der Waals surface area contributed by atoms with Crippen LogP contribution < -0.4 is 10.2 Å². The number of carbonyl (C=O) groups excluding carboxylic acids is 1. The van der Waals surface area contributed by atoms with Gasteiger partial charge in [-0.3, -0.25) is 9.78 Å². The standard InChI is InChI=1S/C15H13Br2N3O3/c1-2-23-12-7-11(16)13(17)10(14(12)21)8-19-20-15(22)9-3-5-18-6-4-9/h3-8,21H,2H2,1H3,(H,20,22). The largest absolute Gasteiger partial charge is 0.504 e. The minimum absolute atomic E-state index is 0.0659. The molecule has 2 aromatic rings. The number of nitrogens with zero attached hydrogens (tertiary/aromatic N) is 2. The molecule has 1 aromatic carbocycles. The quantitative estimate of drug-likeness (QED) is 0.548. The Bertz CT molecular complexity index is 736. The first-order valence-electron chi connectivity index (χ1n) is 6.61. The van der Waals surface area contributed by atoms with Gasteiger partial charge in [0, 0.05) is 26.9 Å². The summed E-state index contributed by atoms with van der Waals surface area (Å²) in [5.74, 6) is -0.118. The number of hydrogen-bond acceptors (Lipinski definition) is 5. The van der Waals surface area contributed by atoms with E-state index in [4.69, 9.17) is 4.74 Å². The maximum absolute atomic E-state index is 11.9. The Morgan fingerprint density at radius 3 is 2.78 bits per heavy atom. The van der Waals surface area contributed by atoms with Crippen molar-refractivity contribution in [3.05, 3.63) is 50.7 Å². The SMILES string of the molecule is CCOc1cc(Br)c(Br)c(C=NNC(=O)c2ccncc2)c1O. The highest BCUT2D eigenvalue weighted by molar-refractivity contribution is 9.13. The molecule has 0 spiro atoms. The number of halogens is 2. The van der Waals surface area contributed by atoms with Gasteiger partial charge >= 0.3 is 0 Å². The Balaban J connectivity index is 2.21. The van der Waals surface area contributed by atoms with Crippen LogP contribution in [-0.4, -0.2) is 28.8 Å². The Morgan fingerprint density at radius 2 is 2.13 bits per heavy atom. The molecular formula is C15H13Br2N3O3. The van der Waals surface area contributed by atoms with Crippen LogP contribution >= 0.6 is 31.9 Å². The fraction of sp³-hybridized carbons (Fsp3) is 0.133. The van der Waals surface area contributed by atoms with E-state index in [0.717, 1.165) is 0 Å². The van der Waals surface area contributed by atoms with Gasteiger partial charge in [0.2, 0.25) is 0 Å². The molecule has 1 heterocycles. The van der Waals surface area contributed by atoms with Gasteiger partial charge in [-0.25, -0.2) is 5.43 Å². The van der Waals surface area contributed by atoms with Crippen LogP contribution in [-0.2, 0) is 0 Å². The number of pyridine rings is 1. The second-order valence-electron chi connectivity index (χ2n) is 4.30. The molecule has 0 aliphatic heterocycles. The third kappa shape index (κ3) is 4.29. The summed E-state index contributed by atoms with van der Waals surface area (Å²) in [5, 5.41) is 14.1. The summed E-state index contributed by atoms with van der Waals surface area (Å²) in [4.78, 5) is 15.7. The van der Waals surface area contributed by atoms with Crippen molar-refractivity contribution in [3.8, 4) is 11.5 Å². The summed E-state index contributed by atoms with van der Waals surface area (Å²) in [7, 11) is 0. The van der Waals surface area contributed by atoms with Crippen LogP contribution in [0.1, 0.15) is 22.8 Å². The normalized spacial score (nSPS) is 10.7. The highest BCUT2D eigenvalue weighted by Crippen LogP contribution is 2.39. The second-order valence-corrected chi connectivity index (χ2v) is 5.95. The van der Waals surface area contributed by atoms with Crippen LogP contribution in [0.2, 0.25) is 0 Å². The zero-order chi connectivity index (χ0) is 16.8. The van der Waals surface area contributed by atoms with Crippen LogP contribution in [0.5, 0.6) is 11.5 Å². The van der Waals surface area contributed by atoms with Crippen molar-refractivity contribution in [3.63, 3.8) is 0 Å². The first kappa shape index (κ1) is 17.4. The van der Waals surface area contributed by atoms with E-state index in [0.29, 0.717) is 32.4 Å². The van der Waals surface area contributed by atoms with E-state index in [1.807, 2.05) is 6.92 Å². The lowest BCUT2D eigenvalue weighted by atomic mass is 10.2. The Kier molecular flexibility index (Phi) is 6.12. The first-order chi connectivity index (χ1) is 11.0. The number of phenolic OH excluding ortho intramolecular Hbond substituents is 1. The van der Waals surface area contributed by atoms with E-state index in [1.165, 1.54) is 18.6 Å². The van der Waals surface area contributed by atoms with Crippen molar-refractivity contribution < 1.29 is 14.6 Å². The van der Waals surface area contributed by atoms with Crippen molar-refractivity contribution in [2.75, 3.05) is 6.61 Å². The predicted molar refractivity (Wildman–Crippen MR) is 94.0 cm³/mol. The Hall–Kier alpha value is -1.93. The number of hydrazone groups is 1. The lowest BCUT2D eigenvalue weighted by molar-refractivity contribution is 0.0955. The number of aromatic nitrogens is 1. The molecule has 0 saturated carbocycles. The number of rotatable bonds is 5. The lowest BCUT2D eigenvalue weighted by Crippen LogP contribution is -2.17. The molecule has 0 bridgehead atoms. The van der Waals surface area contributed by atoms with E-state index >= 15 is 0 Å². The van der Waals surface area contributed by atoms with Gasteiger partial charge in [0.25, 0.3) is 5.91 Å². The van der Waals surface area contributed by atoms with Gasteiger partial charge in [-0.2, -0.15) is 5.10 Å². The number of carbonyl (C=O) groups is 1. The average Bonchev–Trinajstić information content (AvgIpc) is 2.56. The third-order valence-corrected chi connectivity index (χ3v) is 4.81. The maximum atomic E-state index is 11.9. The number of hydrogen-bond donors (Lipinski definition) is 2. The molecule has 2 N–H and O–H groups in total. The average molecular weight is 443 g/mol. The Labute approximate surface area is 149 Å². The van der Waals surface area contributed by atoms with Crippen LogP contribution in [0.4, 0.5) is 0 Å². The van der Waals surface area contributed by atoms with E-state index in [1.54, 1.807) is 18.2 Å². The van der Waals surface area contributed by atoms with Gasteiger partial charge < -0.3 is 9.84 Å². The highest BCUT2D eigenvalue weighted by Gasteiger charge is 2.14. The summed E-state index contributed by atoms with van der Waals surface area (Å²) in [6.45, 7) is 2.23. The van der Waals surface area contributed by atoms with Gasteiger partial charge in [-0.15, -0.1) is 0 Å². The molecule has 2 rings (SSSR count). The molecule has 1 aromatic heterocycles. The molecule has 8 heteroatoms. The molecule has 6 nitrogen and oxygen atoms in total. The van der Waals surface area contributed by atoms with Gasteiger partial charge in [-0.05, 0) is 57.0 Å². The third-order valence-electron chi connectivity index (χ3n) is 2.79. The predicted octanol–water partition coefficient (Wildman–Crippen LogP) is 3.47. The summed E-state index contributed by atoms with van der Waals surface area (Å²) >= 11 is 6.72. The topological polar surface area (TPSA) is 83.8 Å². The van der Waals surface area contributed by atoms with E-state index in [-0.39, 0.29) is 11.7 Å². The molecule has 120 valence electrons. The van der Waals surface area contributed by atoms with Crippen molar-refractivity contribution >= 4 is 44.0 Å². The van der Waals surface area contributed by atoms with Crippen molar-refractivity contribution in [1.29, 1.82) is 0 Å². The molecule has 23 heavy (non-hydrogen) atoms. The number of benzene rings is 1. The van der Waals surface area contributed by atoms with Crippen LogP contribution in [0.25, 0.3) is 0 Å². The molecule has 0 aliphatic carbocycles. The van der Waals surface area contributed by atoms with Gasteiger partial charge in [-0.1, -0.05) is 0 Å². The monoisotopic (exact) mass is 441 g/mol. The molecule has 1 amide bonds. The maximum Gasteiger partial charge on any atom is 0.271 e. The van der Waals surface area contributed by atoms with E-state index in [2.05, 4.69) is 47.4 Å². The molecule has 0 fully saturated rings. The van der Waals surface area contributed by atoms with E-state index in [9.17, 15) is 9.90 Å². The number of phenols is 1. The molecule has 0 atom stereocenters. The number of amides is 1. The Morgan fingerprint density at radius 1 is 1.43 bits per heavy atom. The van der Waals surface area contributed by atoms with Gasteiger partial charge in [0.05, 0.1) is 18.4 Å². The van der Waals surface area contributed by atoms with Crippen LogP contribution in [0.3, 0.4) is 0 Å². The molecule has 0 radical (unpaired) electrons. The molecular weight excluding hydrogens is 430 g/mol. The zero-order valence-electron chi connectivity index (χ0n) is 12.1. The van der Waals surface area contributed by atoms with E-state index < -0.39 is 0 Å². The summed E-state index contributed by atoms with van der Waals surface area (Å²) in [6, 6.07) is 4.80. The molecule has 0 aliphatic rings. The van der Waals surface area contributed by atoms with Gasteiger partial charge in [0.1, 0.15) is 0 Å². The number of nitrogens with one attached hydrogen (secondary N) is 1. The fourth-order valence-electron chi connectivity index (χ4n) is 1.72. The smallest absolute Gasteiger partial charge is 0.271 e. The first-order valence-corrected chi connectivity index (χ1v) is 8.20. The van der Waals surface area contributed by atoms with Crippen molar-refractivity contribution in [2.24, 2.45) is 5.10 Å². The van der Waals surface area contributed by atoms with Crippen LogP contribution in [0, 0.1) is 0 Å². The summed E-state index contributed by atoms with van der Waals surface area (Å²) in [5.41, 5.74) is 3.21. The zero-order valence-corrected chi connectivity index (χ0v) is 15.3. The summed E-state index contributed by atoms with van der Waals surface area (Å²) < 4.78 is 6.65. The number of aromatic hydroxyl groups is 1. The minimum Gasteiger partial charge on any atom is -0.504 e. The van der Waals surface area contributed by atoms with Crippen molar-refractivity contribution in [2.45, 2.75) is 6.92 Å². The number of ether oxygens (including phenoxy) is 1. The second kappa shape index (κ2) is 8.07. The fourth-order valence-corrected chi connectivity index (χ4v) is 2.54. The lowest BCUT2D eigenvalue weighted by Gasteiger charge is -2.11. The highest BCUT2D eigenvalue weighted by atomic mass is 79.9. The minimum atomic E-state index is -0.376. The molecule has 0 saturated heterocycles. The summed E-state index contributed by atoms with van der Waals surface area (Å²) in [6.07, 6.45) is 4.37. The van der Waals surface area contributed by atoms with Crippen LogP contribution in [0.15, 0.2) is 44.6 Å².